The fourth-order valence-corrected chi connectivity index (χ4v) is 3.49. The summed E-state index contributed by atoms with van der Waals surface area (Å²) in [6, 6.07) is 11.2. The normalized spacial score (nSPS) is 14.5. The molecule has 0 bridgehead atoms. The lowest BCUT2D eigenvalue weighted by Crippen LogP contribution is -2.20. The molecule has 1 aliphatic heterocycles. The molecule has 5 heteroatoms. The van der Waals surface area contributed by atoms with E-state index in [-0.39, 0.29) is 5.91 Å². The largest absolute Gasteiger partial charge is 0.313 e. The SMILES string of the molecule is O=C(Cc1cccc(Cl)c1)n1cc(C2=CCNCC2)c2ncccc21. The molecule has 0 atom stereocenters. The maximum absolute atomic E-state index is 12.9. The molecule has 4 nitrogen and oxygen atoms in total. The minimum Gasteiger partial charge on any atom is -0.313 e. The first-order chi connectivity index (χ1) is 12.2. The number of rotatable bonds is 3. The van der Waals surface area contributed by atoms with Gasteiger partial charge < -0.3 is 5.32 Å². The van der Waals surface area contributed by atoms with Crippen LogP contribution in [0.2, 0.25) is 5.02 Å². The van der Waals surface area contributed by atoms with Crippen molar-refractivity contribution < 1.29 is 4.79 Å². The van der Waals surface area contributed by atoms with Crippen LogP contribution >= 0.6 is 11.6 Å². The third-order valence-electron chi connectivity index (χ3n) is 4.48. The number of hydrogen-bond acceptors (Lipinski definition) is 3. The van der Waals surface area contributed by atoms with Crippen LogP contribution in [0.15, 0.2) is 54.9 Å². The Kier molecular flexibility index (Phi) is 4.38. The molecule has 4 rings (SSSR count). The van der Waals surface area contributed by atoms with Crippen LogP contribution in [0.25, 0.3) is 16.6 Å². The predicted octanol–water partition coefficient (Wildman–Crippen LogP) is 3.95. The molecule has 0 fully saturated rings. The van der Waals surface area contributed by atoms with Gasteiger partial charge in [-0.25, -0.2) is 0 Å². The van der Waals surface area contributed by atoms with Gasteiger partial charge in [0, 0.05) is 29.5 Å². The van der Waals surface area contributed by atoms with E-state index in [4.69, 9.17) is 11.6 Å². The van der Waals surface area contributed by atoms with E-state index in [1.54, 1.807) is 10.8 Å². The summed E-state index contributed by atoms with van der Waals surface area (Å²) >= 11 is 6.03. The summed E-state index contributed by atoms with van der Waals surface area (Å²) in [6.07, 6.45) is 7.14. The Morgan fingerprint density at radius 3 is 3.00 bits per heavy atom. The van der Waals surface area contributed by atoms with Crippen LogP contribution in [0.1, 0.15) is 22.3 Å². The Labute approximate surface area is 151 Å². The highest BCUT2D eigenvalue weighted by Gasteiger charge is 2.18. The molecule has 0 radical (unpaired) electrons. The molecule has 0 spiro atoms. The summed E-state index contributed by atoms with van der Waals surface area (Å²) < 4.78 is 1.72. The molecule has 0 saturated heterocycles. The van der Waals surface area contributed by atoms with Crippen molar-refractivity contribution >= 4 is 34.1 Å². The van der Waals surface area contributed by atoms with Gasteiger partial charge in [0.1, 0.15) is 0 Å². The fraction of sp³-hybridized carbons (Fsp3) is 0.200. The first-order valence-corrected chi connectivity index (χ1v) is 8.74. The smallest absolute Gasteiger partial charge is 0.235 e. The molecule has 0 amide bonds. The number of fused-ring (bicyclic) bond motifs is 1. The summed E-state index contributed by atoms with van der Waals surface area (Å²) in [7, 11) is 0. The van der Waals surface area contributed by atoms with E-state index in [9.17, 15) is 4.79 Å². The van der Waals surface area contributed by atoms with Crippen molar-refractivity contribution in [2.75, 3.05) is 13.1 Å². The number of carbonyl (C=O) groups is 1. The molecule has 1 aromatic carbocycles. The van der Waals surface area contributed by atoms with E-state index in [1.807, 2.05) is 42.6 Å². The summed E-state index contributed by atoms with van der Waals surface area (Å²) in [5.41, 5.74) is 4.94. The average Bonchev–Trinajstić information content (AvgIpc) is 3.02. The monoisotopic (exact) mass is 351 g/mol. The maximum atomic E-state index is 12.9. The van der Waals surface area contributed by atoms with E-state index >= 15 is 0 Å². The number of halogens is 1. The Balaban J connectivity index is 1.74. The summed E-state index contributed by atoms with van der Waals surface area (Å²) in [4.78, 5) is 17.4. The first-order valence-electron chi connectivity index (χ1n) is 8.36. The second-order valence-corrected chi connectivity index (χ2v) is 6.60. The van der Waals surface area contributed by atoms with Gasteiger partial charge >= 0.3 is 0 Å². The number of benzene rings is 1. The second kappa shape index (κ2) is 6.82. The maximum Gasteiger partial charge on any atom is 0.235 e. The lowest BCUT2D eigenvalue weighted by atomic mass is 10.0. The van der Waals surface area contributed by atoms with Crippen LogP contribution in [-0.4, -0.2) is 28.5 Å². The molecule has 126 valence electrons. The van der Waals surface area contributed by atoms with Gasteiger partial charge in [0.05, 0.1) is 17.5 Å². The van der Waals surface area contributed by atoms with Gasteiger partial charge in [-0.1, -0.05) is 29.8 Å². The van der Waals surface area contributed by atoms with Gasteiger partial charge in [0.2, 0.25) is 5.91 Å². The summed E-state index contributed by atoms with van der Waals surface area (Å²) in [5, 5.41) is 3.96. The molecule has 0 aliphatic carbocycles. The van der Waals surface area contributed by atoms with Crippen LogP contribution in [-0.2, 0) is 6.42 Å². The van der Waals surface area contributed by atoms with Crippen molar-refractivity contribution in [1.82, 2.24) is 14.9 Å². The third kappa shape index (κ3) is 3.23. The van der Waals surface area contributed by atoms with E-state index < -0.39 is 0 Å². The zero-order valence-corrected chi connectivity index (χ0v) is 14.5. The number of nitrogens with zero attached hydrogens (tertiary/aromatic N) is 2. The van der Waals surface area contributed by atoms with Crippen LogP contribution in [0.3, 0.4) is 0 Å². The van der Waals surface area contributed by atoms with E-state index in [0.29, 0.717) is 11.4 Å². The van der Waals surface area contributed by atoms with Crippen molar-refractivity contribution in [3.8, 4) is 0 Å². The van der Waals surface area contributed by atoms with Crippen LogP contribution in [0.5, 0.6) is 0 Å². The van der Waals surface area contributed by atoms with Crippen molar-refractivity contribution in [3.05, 3.63) is 71.0 Å². The van der Waals surface area contributed by atoms with Gasteiger partial charge in [-0.15, -0.1) is 0 Å². The fourth-order valence-electron chi connectivity index (χ4n) is 3.27. The lowest BCUT2D eigenvalue weighted by molar-refractivity contribution is 0.0919. The number of hydrogen-bond donors (Lipinski definition) is 1. The van der Waals surface area contributed by atoms with Gasteiger partial charge in [0.25, 0.3) is 0 Å². The van der Waals surface area contributed by atoms with Crippen molar-refractivity contribution in [3.63, 3.8) is 0 Å². The molecule has 2 aromatic heterocycles. The van der Waals surface area contributed by atoms with Gasteiger partial charge in [-0.2, -0.15) is 0 Å². The van der Waals surface area contributed by atoms with Crippen molar-refractivity contribution in [2.45, 2.75) is 12.8 Å². The quantitative estimate of drug-likeness (QED) is 0.777. The van der Waals surface area contributed by atoms with Crippen LogP contribution in [0.4, 0.5) is 0 Å². The summed E-state index contributed by atoms with van der Waals surface area (Å²) in [6.45, 7) is 1.80. The first kappa shape index (κ1) is 16.1. The van der Waals surface area contributed by atoms with Gasteiger partial charge in [-0.05, 0) is 48.4 Å². The average molecular weight is 352 g/mol. The molecule has 3 heterocycles. The highest BCUT2D eigenvalue weighted by atomic mass is 35.5. The van der Waals surface area contributed by atoms with Crippen LogP contribution < -0.4 is 5.32 Å². The van der Waals surface area contributed by atoms with Gasteiger partial charge in [-0.3, -0.25) is 14.3 Å². The molecule has 1 N–H and O–H groups in total. The Morgan fingerprint density at radius 2 is 2.20 bits per heavy atom. The third-order valence-corrected chi connectivity index (χ3v) is 4.72. The highest BCUT2D eigenvalue weighted by Crippen LogP contribution is 2.28. The lowest BCUT2D eigenvalue weighted by Gasteiger charge is -2.12. The topological polar surface area (TPSA) is 46.9 Å². The molecular formula is C20H18ClN3O. The minimum absolute atomic E-state index is 0.0149. The zero-order chi connectivity index (χ0) is 17.2. The number of carbonyl (C=O) groups excluding carboxylic acids is 1. The molecule has 3 aromatic rings. The highest BCUT2D eigenvalue weighted by molar-refractivity contribution is 6.30. The number of aromatic nitrogens is 2. The van der Waals surface area contributed by atoms with Crippen molar-refractivity contribution in [1.29, 1.82) is 0 Å². The standard InChI is InChI=1S/C20H18ClN3O/c21-16-4-1-3-14(11-16)12-19(25)24-13-17(15-6-9-22-10-7-15)20-18(24)5-2-8-23-20/h1-6,8,11,13,22H,7,9-10,12H2. The van der Waals surface area contributed by atoms with E-state index in [2.05, 4.69) is 16.4 Å². The molecule has 0 unspecified atom stereocenters. The predicted molar refractivity (Wildman–Crippen MR) is 101 cm³/mol. The Morgan fingerprint density at radius 1 is 1.28 bits per heavy atom. The molecule has 0 saturated carbocycles. The molecule has 1 aliphatic rings. The number of nitrogens with one attached hydrogen (secondary N) is 1. The van der Waals surface area contributed by atoms with Crippen LogP contribution in [0, 0.1) is 0 Å². The van der Waals surface area contributed by atoms with Crippen molar-refractivity contribution in [2.24, 2.45) is 0 Å². The Hall–Kier alpha value is -2.43. The summed E-state index contributed by atoms with van der Waals surface area (Å²) in [5.74, 6) is 0.0149. The van der Waals surface area contributed by atoms with E-state index in [0.717, 1.165) is 41.7 Å². The molecule has 25 heavy (non-hydrogen) atoms. The second-order valence-electron chi connectivity index (χ2n) is 6.17. The van der Waals surface area contributed by atoms with E-state index in [1.165, 1.54) is 5.57 Å². The minimum atomic E-state index is 0.0149. The zero-order valence-electron chi connectivity index (χ0n) is 13.7. The van der Waals surface area contributed by atoms with Gasteiger partial charge in [0.15, 0.2) is 0 Å². The Bertz CT molecular complexity index is 974. The number of pyridine rings is 1. The molecular weight excluding hydrogens is 334 g/mol.